The van der Waals surface area contributed by atoms with Crippen LogP contribution in [0, 0.1) is 0 Å². The molecule has 1 nitrogen and oxygen atoms in total. The number of anilines is 1. The van der Waals surface area contributed by atoms with E-state index in [4.69, 9.17) is 0 Å². The highest BCUT2D eigenvalue weighted by atomic mass is 79.9. The Morgan fingerprint density at radius 2 is 1.57 bits per heavy atom. The first-order valence-corrected chi connectivity index (χ1v) is 9.01. The first-order valence-electron chi connectivity index (χ1n) is 6.55. The molecular weight excluding hydrogens is 410 g/mol. The molecule has 0 saturated heterocycles. The lowest BCUT2D eigenvalue weighted by atomic mass is 10.1. The molecule has 0 aliphatic carbocycles. The molecule has 0 bridgehead atoms. The van der Waals surface area contributed by atoms with E-state index in [1.165, 1.54) is 16.0 Å². The van der Waals surface area contributed by atoms with Gasteiger partial charge in [0.25, 0.3) is 0 Å². The van der Waals surface area contributed by atoms with E-state index >= 15 is 0 Å². The molecule has 1 heterocycles. The predicted molar refractivity (Wildman–Crippen MR) is 98.9 cm³/mol. The van der Waals surface area contributed by atoms with Crippen LogP contribution in [0.15, 0.2) is 68.9 Å². The van der Waals surface area contributed by atoms with Gasteiger partial charge in [-0.05, 0) is 66.6 Å². The van der Waals surface area contributed by atoms with Crippen LogP contribution in [0.2, 0.25) is 0 Å². The summed E-state index contributed by atoms with van der Waals surface area (Å²) in [7, 11) is 0. The minimum atomic E-state index is 0.818. The SMILES string of the molecule is Brc1cccc(Br)c1NCc1cc(-c2ccccc2)cs1. The largest absolute Gasteiger partial charge is 0.378 e. The molecule has 0 radical (unpaired) electrons. The summed E-state index contributed by atoms with van der Waals surface area (Å²) in [5.41, 5.74) is 3.64. The molecule has 0 spiro atoms. The third-order valence-electron chi connectivity index (χ3n) is 3.16. The van der Waals surface area contributed by atoms with Crippen LogP contribution in [0.4, 0.5) is 5.69 Å². The highest BCUT2D eigenvalue weighted by Gasteiger charge is 2.06. The molecule has 0 saturated carbocycles. The lowest BCUT2D eigenvalue weighted by Gasteiger charge is -2.09. The van der Waals surface area contributed by atoms with Gasteiger partial charge < -0.3 is 5.32 Å². The molecule has 3 aromatic rings. The molecule has 0 atom stereocenters. The number of rotatable bonds is 4. The fourth-order valence-corrected chi connectivity index (χ4v) is 4.21. The third-order valence-corrected chi connectivity index (χ3v) is 5.42. The van der Waals surface area contributed by atoms with Gasteiger partial charge in [-0.2, -0.15) is 0 Å². The van der Waals surface area contributed by atoms with E-state index in [1.807, 2.05) is 24.3 Å². The van der Waals surface area contributed by atoms with Crippen LogP contribution in [0.25, 0.3) is 11.1 Å². The molecule has 2 aromatic carbocycles. The molecule has 0 amide bonds. The summed E-state index contributed by atoms with van der Waals surface area (Å²) in [6, 6.07) is 18.8. The second-order valence-electron chi connectivity index (χ2n) is 4.62. The normalized spacial score (nSPS) is 10.6. The van der Waals surface area contributed by atoms with Crippen molar-refractivity contribution in [2.75, 3.05) is 5.32 Å². The fraction of sp³-hybridized carbons (Fsp3) is 0.0588. The van der Waals surface area contributed by atoms with E-state index in [1.54, 1.807) is 11.3 Å². The Hall–Kier alpha value is -1.10. The van der Waals surface area contributed by atoms with Crippen molar-refractivity contribution in [3.63, 3.8) is 0 Å². The lowest BCUT2D eigenvalue weighted by Crippen LogP contribution is -1.98. The smallest absolute Gasteiger partial charge is 0.0631 e. The molecule has 1 aromatic heterocycles. The van der Waals surface area contributed by atoms with Crippen LogP contribution in [0.1, 0.15) is 4.88 Å². The fourth-order valence-electron chi connectivity index (χ4n) is 2.10. The van der Waals surface area contributed by atoms with Crippen LogP contribution in [0.5, 0.6) is 0 Å². The highest BCUT2D eigenvalue weighted by molar-refractivity contribution is 9.11. The van der Waals surface area contributed by atoms with Gasteiger partial charge in [0.1, 0.15) is 0 Å². The maximum absolute atomic E-state index is 3.57. The minimum Gasteiger partial charge on any atom is -0.378 e. The van der Waals surface area contributed by atoms with Gasteiger partial charge in [0, 0.05) is 20.4 Å². The minimum absolute atomic E-state index is 0.818. The molecule has 3 rings (SSSR count). The number of halogens is 2. The van der Waals surface area contributed by atoms with Gasteiger partial charge in [-0.25, -0.2) is 0 Å². The van der Waals surface area contributed by atoms with Crippen LogP contribution in [-0.2, 0) is 6.54 Å². The van der Waals surface area contributed by atoms with E-state index < -0.39 is 0 Å². The molecule has 0 aliphatic rings. The lowest BCUT2D eigenvalue weighted by molar-refractivity contribution is 1.18. The topological polar surface area (TPSA) is 12.0 Å². The van der Waals surface area contributed by atoms with Gasteiger partial charge >= 0.3 is 0 Å². The third kappa shape index (κ3) is 3.57. The van der Waals surface area contributed by atoms with Gasteiger partial charge in [0.15, 0.2) is 0 Å². The zero-order valence-electron chi connectivity index (χ0n) is 11.1. The van der Waals surface area contributed by atoms with Crippen molar-refractivity contribution in [3.05, 3.63) is 73.8 Å². The zero-order chi connectivity index (χ0) is 14.7. The quantitative estimate of drug-likeness (QED) is 0.502. The van der Waals surface area contributed by atoms with E-state index in [0.29, 0.717) is 0 Å². The summed E-state index contributed by atoms with van der Waals surface area (Å²) < 4.78 is 2.13. The molecule has 0 aliphatic heterocycles. The number of para-hydroxylation sites is 1. The Morgan fingerprint density at radius 1 is 0.857 bits per heavy atom. The van der Waals surface area contributed by atoms with Crippen LogP contribution in [-0.4, -0.2) is 0 Å². The zero-order valence-corrected chi connectivity index (χ0v) is 15.1. The Bertz CT molecular complexity index is 717. The second kappa shape index (κ2) is 6.77. The van der Waals surface area contributed by atoms with E-state index in [-0.39, 0.29) is 0 Å². The van der Waals surface area contributed by atoms with Crippen molar-refractivity contribution in [1.29, 1.82) is 0 Å². The van der Waals surface area contributed by atoms with Crippen molar-refractivity contribution < 1.29 is 0 Å². The maximum Gasteiger partial charge on any atom is 0.0631 e. The van der Waals surface area contributed by atoms with Gasteiger partial charge in [-0.1, -0.05) is 36.4 Å². The number of hydrogen-bond acceptors (Lipinski definition) is 2. The molecule has 106 valence electrons. The summed E-state index contributed by atoms with van der Waals surface area (Å²) >= 11 is 8.93. The van der Waals surface area contributed by atoms with E-state index in [0.717, 1.165) is 21.2 Å². The average molecular weight is 423 g/mol. The Labute approximate surface area is 145 Å². The molecule has 0 fully saturated rings. The summed E-state index contributed by atoms with van der Waals surface area (Å²) in [4.78, 5) is 1.32. The molecule has 21 heavy (non-hydrogen) atoms. The first-order chi connectivity index (χ1) is 10.2. The van der Waals surface area contributed by atoms with Crippen molar-refractivity contribution in [3.8, 4) is 11.1 Å². The Kier molecular flexibility index (Phi) is 4.78. The van der Waals surface area contributed by atoms with Crippen LogP contribution in [0.3, 0.4) is 0 Å². The number of nitrogens with one attached hydrogen (secondary N) is 1. The van der Waals surface area contributed by atoms with Crippen LogP contribution < -0.4 is 5.32 Å². The summed E-state index contributed by atoms with van der Waals surface area (Å²) in [5.74, 6) is 0. The highest BCUT2D eigenvalue weighted by Crippen LogP contribution is 2.32. The first kappa shape index (κ1) is 14.8. The Morgan fingerprint density at radius 3 is 2.29 bits per heavy atom. The summed E-state index contributed by atoms with van der Waals surface area (Å²) in [5, 5.41) is 5.69. The Balaban J connectivity index is 1.74. The predicted octanol–water partition coefficient (Wildman–Crippen LogP) is 6.55. The number of thiophene rings is 1. The summed E-state index contributed by atoms with van der Waals surface area (Å²) in [6.45, 7) is 0.818. The van der Waals surface area contributed by atoms with E-state index in [9.17, 15) is 0 Å². The molecule has 0 unspecified atom stereocenters. The number of benzene rings is 2. The second-order valence-corrected chi connectivity index (χ2v) is 7.32. The number of hydrogen-bond donors (Lipinski definition) is 1. The van der Waals surface area contributed by atoms with E-state index in [2.05, 4.69) is 72.9 Å². The van der Waals surface area contributed by atoms with Crippen molar-refractivity contribution in [2.45, 2.75) is 6.54 Å². The summed E-state index contributed by atoms with van der Waals surface area (Å²) in [6.07, 6.45) is 0. The van der Waals surface area contributed by atoms with Gasteiger partial charge in [0.05, 0.1) is 5.69 Å². The van der Waals surface area contributed by atoms with Gasteiger partial charge in [0.2, 0.25) is 0 Å². The van der Waals surface area contributed by atoms with Gasteiger partial charge in [-0.3, -0.25) is 0 Å². The standard InChI is InChI=1S/C17H13Br2NS/c18-15-7-4-8-16(19)17(15)20-10-14-9-13(11-21-14)12-5-2-1-3-6-12/h1-9,11,20H,10H2. The molecule has 1 N–H and O–H groups in total. The van der Waals surface area contributed by atoms with Gasteiger partial charge in [-0.15, -0.1) is 11.3 Å². The van der Waals surface area contributed by atoms with Crippen LogP contribution >= 0.6 is 43.2 Å². The van der Waals surface area contributed by atoms with Crippen molar-refractivity contribution >= 4 is 48.9 Å². The monoisotopic (exact) mass is 421 g/mol. The maximum atomic E-state index is 3.57. The molecular formula is C17H13Br2NS. The molecule has 4 heteroatoms. The average Bonchev–Trinajstić information content (AvgIpc) is 2.97. The van der Waals surface area contributed by atoms with Crippen molar-refractivity contribution in [1.82, 2.24) is 0 Å². The van der Waals surface area contributed by atoms with Crippen molar-refractivity contribution in [2.24, 2.45) is 0 Å².